The molecule has 0 spiro atoms. The highest BCUT2D eigenvalue weighted by Gasteiger charge is 2.30. The van der Waals surface area contributed by atoms with E-state index in [1.165, 1.54) is 11.3 Å². The van der Waals surface area contributed by atoms with Gasteiger partial charge in [0.15, 0.2) is 11.0 Å². The van der Waals surface area contributed by atoms with E-state index >= 15 is 0 Å². The molecule has 2 unspecified atom stereocenters. The minimum atomic E-state index is -0.00927. The molecule has 2 aromatic heterocycles. The predicted octanol–water partition coefficient (Wildman–Crippen LogP) is 4.16. The average molecular weight is 389 g/mol. The molecule has 1 amide bonds. The van der Waals surface area contributed by atoms with Crippen molar-refractivity contribution in [3.05, 3.63) is 35.6 Å². The molecule has 2 heterocycles. The molecule has 1 aliphatic carbocycles. The van der Waals surface area contributed by atoms with Crippen molar-refractivity contribution in [2.24, 2.45) is 5.92 Å². The van der Waals surface area contributed by atoms with Crippen molar-refractivity contribution in [2.45, 2.75) is 25.4 Å². The molecule has 26 heavy (non-hydrogen) atoms. The zero-order chi connectivity index (χ0) is 18.1. The maximum absolute atomic E-state index is 12.4. The Balaban J connectivity index is 1.52. The molecule has 6 nitrogen and oxygen atoms in total. The fraction of sp³-hybridized carbons (Fsp3) is 0.333. The number of amides is 1. The lowest BCUT2D eigenvalue weighted by atomic mass is 10.1. The van der Waals surface area contributed by atoms with Gasteiger partial charge in [-0.3, -0.25) is 4.79 Å². The molecular weight excluding hydrogens is 372 g/mol. The van der Waals surface area contributed by atoms with Crippen LogP contribution in [0.4, 0.5) is 5.13 Å². The number of anilines is 1. The van der Waals surface area contributed by atoms with E-state index in [-0.39, 0.29) is 17.9 Å². The lowest BCUT2D eigenvalue weighted by Crippen LogP contribution is -2.21. The summed E-state index contributed by atoms with van der Waals surface area (Å²) in [6.45, 7) is 0. The number of rotatable bonds is 4. The first kappa shape index (κ1) is 17.3. The first-order valence-electron chi connectivity index (χ1n) is 8.34. The van der Waals surface area contributed by atoms with Gasteiger partial charge in [0.2, 0.25) is 5.91 Å². The first-order valence-corrected chi connectivity index (χ1v) is 9.54. The van der Waals surface area contributed by atoms with Crippen LogP contribution in [0.5, 0.6) is 0 Å². The number of fused-ring (bicyclic) bond motifs is 1. The number of benzene rings is 1. The van der Waals surface area contributed by atoms with E-state index in [1.54, 1.807) is 19.5 Å². The maximum Gasteiger partial charge on any atom is 0.229 e. The van der Waals surface area contributed by atoms with E-state index in [4.69, 9.17) is 16.3 Å². The van der Waals surface area contributed by atoms with Crippen LogP contribution in [0.1, 0.15) is 19.3 Å². The third-order valence-corrected chi connectivity index (χ3v) is 5.71. The van der Waals surface area contributed by atoms with Gasteiger partial charge in [-0.25, -0.2) is 15.0 Å². The second kappa shape index (κ2) is 7.26. The Bertz CT molecular complexity index is 944. The molecule has 8 heteroatoms. The summed E-state index contributed by atoms with van der Waals surface area (Å²) in [7, 11) is 1.69. The molecule has 3 aromatic rings. The Hall–Kier alpha value is -2.09. The smallest absolute Gasteiger partial charge is 0.229 e. The van der Waals surface area contributed by atoms with Crippen molar-refractivity contribution in [3.63, 3.8) is 0 Å². The van der Waals surface area contributed by atoms with Crippen molar-refractivity contribution >= 4 is 44.2 Å². The van der Waals surface area contributed by atoms with E-state index in [2.05, 4.69) is 20.3 Å². The highest BCUT2D eigenvalue weighted by atomic mass is 35.5. The number of nitrogens with zero attached hydrogens (tertiary/aromatic N) is 3. The van der Waals surface area contributed by atoms with Crippen LogP contribution in [0.15, 0.2) is 30.6 Å². The molecule has 0 bridgehead atoms. The number of hydrogen-bond acceptors (Lipinski definition) is 6. The SMILES string of the molecule is COC1CCC(C(=O)Nc2nc3ccc(-c4ncc(Cl)cn4)cc3s2)C1. The lowest BCUT2D eigenvalue weighted by Gasteiger charge is -2.09. The molecule has 1 aliphatic rings. The van der Waals surface area contributed by atoms with E-state index in [1.807, 2.05) is 18.2 Å². The summed E-state index contributed by atoms with van der Waals surface area (Å²) < 4.78 is 6.31. The van der Waals surface area contributed by atoms with Gasteiger partial charge >= 0.3 is 0 Å². The highest BCUT2D eigenvalue weighted by Crippen LogP contribution is 2.32. The van der Waals surface area contributed by atoms with Crippen LogP contribution >= 0.6 is 22.9 Å². The number of hydrogen-bond donors (Lipinski definition) is 1. The van der Waals surface area contributed by atoms with Gasteiger partial charge in [-0.1, -0.05) is 22.9 Å². The Kier molecular flexibility index (Phi) is 4.84. The number of methoxy groups -OCH3 is 1. The number of carbonyl (C=O) groups excluding carboxylic acids is 1. The fourth-order valence-corrected chi connectivity index (χ4v) is 4.18. The number of carbonyl (C=O) groups is 1. The number of aromatic nitrogens is 3. The van der Waals surface area contributed by atoms with Gasteiger partial charge in [-0.15, -0.1) is 0 Å². The second-order valence-corrected chi connectivity index (χ2v) is 7.75. The van der Waals surface area contributed by atoms with E-state index in [0.717, 1.165) is 35.0 Å². The van der Waals surface area contributed by atoms with Gasteiger partial charge in [-0.05, 0) is 37.5 Å². The molecule has 0 aliphatic heterocycles. The van der Waals surface area contributed by atoms with E-state index in [0.29, 0.717) is 16.0 Å². The monoisotopic (exact) mass is 388 g/mol. The van der Waals surface area contributed by atoms with Crippen LogP contribution in [-0.2, 0) is 9.53 Å². The Morgan fingerprint density at radius 3 is 2.85 bits per heavy atom. The number of halogens is 1. The molecule has 2 atom stereocenters. The zero-order valence-corrected chi connectivity index (χ0v) is 15.7. The summed E-state index contributed by atoms with van der Waals surface area (Å²) in [6, 6.07) is 5.80. The van der Waals surface area contributed by atoms with Gasteiger partial charge in [0.1, 0.15) is 0 Å². The fourth-order valence-electron chi connectivity index (χ4n) is 3.18. The standard InChI is InChI=1S/C18H17ClN4O2S/c1-25-13-4-2-11(6-13)17(24)23-18-22-14-5-3-10(7-15(14)26-18)16-20-8-12(19)9-21-16/h3,5,7-9,11,13H,2,4,6H2,1H3,(H,22,23,24). The van der Waals surface area contributed by atoms with Crippen LogP contribution in [0, 0.1) is 5.92 Å². The Labute approximate surface area is 159 Å². The molecule has 1 N–H and O–H groups in total. The Morgan fingerprint density at radius 1 is 1.31 bits per heavy atom. The van der Waals surface area contributed by atoms with E-state index < -0.39 is 0 Å². The second-order valence-electron chi connectivity index (χ2n) is 6.28. The lowest BCUT2D eigenvalue weighted by molar-refractivity contribution is -0.119. The maximum atomic E-state index is 12.4. The topological polar surface area (TPSA) is 77.0 Å². The van der Waals surface area contributed by atoms with E-state index in [9.17, 15) is 4.79 Å². The third-order valence-electron chi connectivity index (χ3n) is 4.59. The number of ether oxygens (including phenoxy) is 1. The average Bonchev–Trinajstić information content (AvgIpc) is 3.28. The highest BCUT2D eigenvalue weighted by molar-refractivity contribution is 7.22. The van der Waals surface area contributed by atoms with Gasteiger partial charge in [0.25, 0.3) is 0 Å². The summed E-state index contributed by atoms with van der Waals surface area (Å²) in [5.74, 6) is 0.613. The molecule has 1 aromatic carbocycles. The molecule has 0 saturated heterocycles. The van der Waals surface area contributed by atoms with Crippen molar-refractivity contribution in [3.8, 4) is 11.4 Å². The quantitative estimate of drug-likeness (QED) is 0.726. The van der Waals surface area contributed by atoms with Crippen LogP contribution in [0.3, 0.4) is 0 Å². The minimum Gasteiger partial charge on any atom is -0.381 e. The van der Waals surface area contributed by atoms with Gasteiger partial charge in [0, 0.05) is 31.0 Å². The van der Waals surface area contributed by atoms with Crippen molar-refractivity contribution in [1.82, 2.24) is 15.0 Å². The van der Waals surface area contributed by atoms with Crippen LogP contribution < -0.4 is 5.32 Å². The van der Waals surface area contributed by atoms with Gasteiger partial charge in [-0.2, -0.15) is 0 Å². The summed E-state index contributed by atoms with van der Waals surface area (Å²) >= 11 is 7.28. The summed E-state index contributed by atoms with van der Waals surface area (Å²) in [4.78, 5) is 25.4. The zero-order valence-electron chi connectivity index (χ0n) is 14.1. The molecule has 134 valence electrons. The normalized spacial score (nSPS) is 19.8. The van der Waals surface area contributed by atoms with Gasteiger partial charge < -0.3 is 10.1 Å². The van der Waals surface area contributed by atoms with Crippen molar-refractivity contribution < 1.29 is 9.53 Å². The molecule has 1 saturated carbocycles. The molecule has 4 rings (SSSR count). The summed E-state index contributed by atoms with van der Waals surface area (Å²) in [5.41, 5.74) is 1.72. The Morgan fingerprint density at radius 2 is 2.12 bits per heavy atom. The van der Waals surface area contributed by atoms with Crippen LogP contribution in [0.2, 0.25) is 5.02 Å². The largest absolute Gasteiger partial charge is 0.381 e. The van der Waals surface area contributed by atoms with Crippen LogP contribution in [-0.4, -0.2) is 34.1 Å². The van der Waals surface area contributed by atoms with Gasteiger partial charge in [0.05, 0.1) is 21.3 Å². The van der Waals surface area contributed by atoms with Crippen molar-refractivity contribution in [1.29, 1.82) is 0 Å². The molecular formula is C18H17ClN4O2S. The van der Waals surface area contributed by atoms with Crippen LogP contribution in [0.25, 0.3) is 21.6 Å². The predicted molar refractivity (Wildman–Crippen MR) is 102 cm³/mol. The first-order chi connectivity index (χ1) is 12.6. The molecule has 0 radical (unpaired) electrons. The third kappa shape index (κ3) is 3.56. The minimum absolute atomic E-state index is 0.00927. The summed E-state index contributed by atoms with van der Waals surface area (Å²) in [6.07, 6.45) is 5.88. The molecule has 1 fully saturated rings. The number of thiazole rings is 1. The number of nitrogens with one attached hydrogen (secondary N) is 1. The summed E-state index contributed by atoms with van der Waals surface area (Å²) in [5, 5.41) is 4.06. The van der Waals surface area contributed by atoms with Crippen molar-refractivity contribution in [2.75, 3.05) is 12.4 Å².